The summed E-state index contributed by atoms with van der Waals surface area (Å²) in [6, 6.07) is 5.31. The number of hydrazine groups is 1. The van der Waals surface area contributed by atoms with Crippen LogP contribution in [0, 0.1) is 0 Å². The van der Waals surface area contributed by atoms with Gasteiger partial charge in [0, 0.05) is 26.2 Å². The molecule has 2 aliphatic rings. The van der Waals surface area contributed by atoms with E-state index >= 15 is 0 Å². The molecule has 2 aromatic rings. The summed E-state index contributed by atoms with van der Waals surface area (Å²) in [5.74, 6) is 1.35. The summed E-state index contributed by atoms with van der Waals surface area (Å²) < 4.78 is 39.8. The lowest BCUT2D eigenvalue weighted by molar-refractivity contribution is -0.136. The van der Waals surface area contributed by atoms with E-state index in [1.54, 1.807) is 6.07 Å². The zero-order valence-electron chi connectivity index (χ0n) is 16.8. The molecule has 0 amide bonds. The summed E-state index contributed by atoms with van der Waals surface area (Å²) in [5, 5.41) is 0. The Labute approximate surface area is 173 Å². The number of rotatable bonds is 5. The number of para-hydroxylation sites is 1. The largest absolute Gasteiger partial charge is 0.418 e. The first kappa shape index (κ1) is 20.5. The fraction of sp³-hybridized carbons (Fsp3) is 0.550. The molecule has 30 heavy (non-hydrogen) atoms. The van der Waals surface area contributed by atoms with E-state index in [1.165, 1.54) is 25.0 Å². The first-order valence-corrected chi connectivity index (χ1v) is 10.4. The van der Waals surface area contributed by atoms with E-state index < -0.39 is 11.7 Å². The molecular weight excluding hydrogens is 395 g/mol. The van der Waals surface area contributed by atoms with Gasteiger partial charge in [-0.1, -0.05) is 12.1 Å². The normalized spacial score (nSPS) is 17.7. The van der Waals surface area contributed by atoms with E-state index in [0.717, 1.165) is 57.9 Å². The average Bonchev–Trinajstić information content (AvgIpc) is 2.78. The first-order valence-electron chi connectivity index (χ1n) is 10.4. The zero-order chi connectivity index (χ0) is 21.0. The molecule has 1 aromatic carbocycles. The number of aromatic nitrogens is 3. The van der Waals surface area contributed by atoms with E-state index in [9.17, 15) is 13.2 Å². The van der Waals surface area contributed by atoms with Gasteiger partial charge < -0.3 is 9.80 Å². The maximum atomic E-state index is 13.3. The van der Waals surface area contributed by atoms with Crippen molar-refractivity contribution in [2.45, 2.75) is 44.7 Å². The molecule has 10 heteroatoms. The molecule has 0 spiro atoms. The standard InChI is InChI=1S/C20H26F3N7/c21-20(22,23)15-9-3-4-10-16(15)27-28-17-24-18(29-11-5-1-6-12-29)26-19(25-17)30-13-7-2-8-14-30/h3-4,9-10,27H,1-2,5-8,11-14H2,(H,24,25,26,28). The Balaban J connectivity index is 1.59. The van der Waals surface area contributed by atoms with Crippen molar-refractivity contribution >= 4 is 23.5 Å². The molecule has 2 aliphatic heterocycles. The Hall–Kier alpha value is -2.78. The SMILES string of the molecule is FC(F)(F)c1ccccc1NNc1nc(N2CCCCC2)nc(N2CCCCC2)n1. The number of halogens is 3. The highest BCUT2D eigenvalue weighted by molar-refractivity contribution is 5.56. The van der Waals surface area contributed by atoms with Crippen molar-refractivity contribution in [2.24, 2.45) is 0 Å². The van der Waals surface area contributed by atoms with Crippen molar-refractivity contribution < 1.29 is 13.2 Å². The van der Waals surface area contributed by atoms with Crippen LogP contribution in [-0.2, 0) is 6.18 Å². The summed E-state index contributed by atoms with van der Waals surface area (Å²) in [6.45, 7) is 3.47. The number of hydrogen-bond acceptors (Lipinski definition) is 7. The number of anilines is 4. The highest BCUT2D eigenvalue weighted by atomic mass is 19.4. The number of benzene rings is 1. The summed E-state index contributed by atoms with van der Waals surface area (Å²) in [6.07, 6.45) is 2.20. The minimum absolute atomic E-state index is 0.0792. The third kappa shape index (κ3) is 4.85. The maximum absolute atomic E-state index is 13.3. The molecule has 2 fully saturated rings. The summed E-state index contributed by atoms with van der Waals surface area (Å²) in [4.78, 5) is 17.9. The average molecular weight is 421 g/mol. The Morgan fingerprint density at radius 3 is 1.77 bits per heavy atom. The topological polar surface area (TPSA) is 69.2 Å². The van der Waals surface area contributed by atoms with E-state index in [4.69, 9.17) is 0 Å². The van der Waals surface area contributed by atoms with Crippen LogP contribution < -0.4 is 20.7 Å². The highest BCUT2D eigenvalue weighted by Gasteiger charge is 2.33. The molecular formula is C20H26F3N7. The predicted molar refractivity (Wildman–Crippen MR) is 111 cm³/mol. The van der Waals surface area contributed by atoms with Crippen molar-refractivity contribution in [3.05, 3.63) is 29.8 Å². The van der Waals surface area contributed by atoms with Crippen LogP contribution in [0.2, 0.25) is 0 Å². The monoisotopic (exact) mass is 421 g/mol. The fourth-order valence-corrected chi connectivity index (χ4v) is 3.84. The fourth-order valence-electron chi connectivity index (χ4n) is 3.84. The Kier molecular flexibility index (Phi) is 6.10. The Morgan fingerprint density at radius 1 is 0.700 bits per heavy atom. The van der Waals surface area contributed by atoms with Gasteiger partial charge in [0.2, 0.25) is 17.8 Å². The molecule has 7 nitrogen and oxygen atoms in total. The van der Waals surface area contributed by atoms with Crippen molar-refractivity contribution in [2.75, 3.05) is 46.8 Å². The summed E-state index contributed by atoms with van der Waals surface area (Å²) >= 11 is 0. The van der Waals surface area contributed by atoms with Gasteiger partial charge in [0.25, 0.3) is 0 Å². The molecule has 2 N–H and O–H groups in total. The van der Waals surface area contributed by atoms with Crippen LogP contribution in [0.5, 0.6) is 0 Å². The minimum Gasteiger partial charge on any atom is -0.341 e. The van der Waals surface area contributed by atoms with Crippen LogP contribution in [0.3, 0.4) is 0 Å². The van der Waals surface area contributed by atoms with E-state index in [1.807, 2.05) is 0 Å². The molecule has 2 saturated heterocycles. The number of alkyl halides is 3. The van der Waals surface area contributed by atoms with Crippen molar-refractivity contribution in [1.29, 1.82) is 0 Å². The third-order valence-electron chi connectivity index (χ3n) is 5.43. The van der Waals surface area contributed by atoms with Gasteiger partial charge in [-0.3, -0.25) is 10.9 Å². The number of hydrogen-bond donors (Lipinski definition) is 2. The van der Waals surface area contributed by atoms with Crippen molar-refractivity contribution in [1.82, 2.24) is 15.0 Å². The molecule has 0 saturated carbocycles. The summed E-state index contributed by atoms with van der Waals surface area (Å²) in [5.41, 5.74) is 4.57. The smallest absolute Gasteiger partial charge is 0.341 e. The van der Waals surface area contributed by atoms with Gasteiger partial charge >= 0.3 is 6.18 Å². The molecule has 0 radical (unpaired) electrons. The van der Waals surface area contributed by atoms with Crippen LogP contribution in [-0.4, -0.2) is 41.1 Å². The lowest BCUT2D eigenvalue weighted by Crippen LogP contribution is -2.34. The van der Waals surface area contributed by atoms with E-state index in [0.29, 0.717) is 11.9 Å². The van der Waals surface area contributed by atoms with Crippen molar-refractivity contribution in [3.63, 3.8) is 0 Å². The van der Waals surface area contributed by atoms with Crippen molar-refractivity contribution in [3.8, 4) is 0 Å². The maximum Gasteiger partial charge on any atom is 0.418 e. The van der Waals surface area contributed by atoms with Crippen LogP contribution in [0.25, 0.3) is 0 Å². The van der Waals surface area contributed by atoms with Crippen LogP contribution >= 0.6 is 0 Å². The lowest BCUT2D eigenvalue weighted by Gasteiger charge is -2.30. The minimum atomic E-state index is -4.46. The van der Waals surface area contributed by atoms with Crippen LogP contribution in [0.15, 0.2) is 24.3 Å². The van der Waals surface area contributed by atoms with Gasteiger partial charge in [0.1, 0.15) is 0 Å². The highest BCUT2D eigenvalue weighted by Crippen LogP contribution is 2.34. The number of nitrogens with one attached hydrogen (secondary N) is 2. The second-order valence-corrected chi connectivity index (χ2v) is 7.65. The van der Waals surface area contributed by atoms with E-state index in [2.05, 4.69) is 35.6 Å². The second-order valence-electron chi connectivity index (χ2n) is 7.65. The van der Waals surface area contributed by atoms with Gasteiger partial charge in [0.05, 0.1) is 11.3 Å². The number of piperidine rings is 2. The van der Waals surface area contributed by atoms with Gasteiger partial charge in [-0.2, -0.15) is 28.1 Å². The van der Waals surface area contributed by atoms with Gasteiger partial charge in [-0.15, -0.1) is 0 Å². The molecule has 4 rings (SSSR count). The number of nitrogens with zero attached hydrogens (tertiary/aromatic N) is 5. The Morgan fingerprint density at radius 2 is 1.23 bits per heavy atom. The molecule has 1 aromatic heterocycles. The first-order chi connectivity index (χ1) is 14.5. The molecule has 0 bridgehead atoms. The van der Waals surface area contributed by atoms with Gasteiger partial charge in [-0.25, -0.2) is 0 Å². The van der Waals surface area contributed by atoms with Crippen LogP contribution in [0.1, 0.15) is 44.1 Å². The second kappa shape index (κ2) is 8.93. The van der Waals surface area contributed by atoms with Gasteiger partial charge in [0.15, 0.2) is 0 Å². The Bertz CT molecular complexity index is 810. The lowest BCUT2D eigenvalue weighted by atomic mass is 10.1. The quantitative estimate of drug-likeness (QED) is 0.697. The third-order valence-corrected chi connectivity index (χ3v) is 5.43. The van der Waals surface area contributed by atoms with E-state index in [-0.39, 0.29) is 11.6 Å². The molecule has 0 aliphatic carbocycles. The zero-order valence-corrected chi connectivity index (χ0v) is 16.8. The van der Waals surface area contributed by atoms with Gasteiger partial charge in [-0.05, 0) is 50.7 Å². The molecule has 3 heterocycles. The predicted octanol–water partition coefficient (Wildman–Crippen LogP) is 4.31. The molecule has 0 atom stereocenters. The van der Waals surface area contributed by atoms with Crippen LogP contribution in [0.4, 0.5) is 36.7 Å². The summed E-state index contributed by atoms with van der Waals surface area (Å²) in [7, 11) is 0. The molecule has 162 valence electrons. The molecule has 0 unspecified atom stereocenters.